The summed E-state index contributed by atoms with van der Waals surface area (Å²) in [6.07, 6.45) is 0.977. The van der Waals surface area contributed by atoms with E-state index >= 15 is 0 Å². The molecule has 1 nitrogen and oxygen atoms in total. The molecule has 0 aliphatic carbocycles. The Morgan fingerprint density at radius 1 is 1.56 bits per heavy atom. The van der Waals surface area contributed by atoms with Gasteiger partial charge in [-0.05, 0) is 36.0 Å². The Kier molecular flexibility index (Phi) is 3.55. The minimum absolute atomic E-state index is 0.144. The lowest BCUT2D eigenvalue weighted by Crippen LogP contribution is -2.27. The summed E-state index contributed by atoms with van der Waals surface area (Å²) in [5.74, 6) is 2.16. The molecule has 0 saturated carbocycles. The highest BCUT2D eigenvalue weighted by atomic mass is 32.2. The highest BCUT2D eigenvalue weighted by Crippen LogP contribution is 2.41. The molecule has 1 aromatic carbocycles. The number of hydrogen-bond donors (Lipinski definition) is 1. The molecule has 0 aromatic heterocycles. The Balaban J connectivity index is 2.26. The van der Waals surface area contributed by atoms with E-state index in [0.29, 0.717) is 6.54 Å². The summed E-state index contributed by atoms with van der Waals surface area (Å²) in [5.41, 5.74) is 6.16. The van der Waals surface area contributed by atoms with Crippen molar-refractivity contribution in [1.82, 2.24) is 0 Å². The van der Waals surface area contributed by atoms with E-state index in [4.69, 9.17) is 5.73 Å². The molecule has 1 aliphatic rings. The molecule has 2 N–H and O–H groups in total. The van der Waals surface area contributed by atoms with E-state index in [1.54, 1.807) is 6.92 Å². The van der Waals surface area contributed by atoms with Gasteiger partial charge in [-0.3, -0.25) is 0 Å². The lowest BCUT2D eigenvalue weighted by molar-refractivity contribution is 0.116. The number of alkyl halides is 1. The molecule has 2 atom stereocenters. The first kappa shape index (κ1) is 11.9. The normalized spacial score (nSPS) is 24.3. The zero-order valence-electron chi connectivity index (χ0n) is 9.58. The van der Waals surface area contributed by atoms with Crippen LogP contribution in [-0.2, 0) is 12.2 Å². The topological polar surface area (TPSA) is 26.0 Å². The van der Waals surface area contributed by atoms with Crippen molar-refractivity contribution >= 4 is 11.8 Å². The zero-order valence-corrected chi connectivity index (χ0v) is 10.4. The van der Waals surface area contributed by atoms with Crippen molar-refractivity contribution in [2.45, 2.75) is 25.6 Å². The summed E-state index contributed by atoms with van der Waals surface area (Å²) in [6.45, 7) is 2.18. The molecule has 1 heterocycles. The summed E-state index contributed by atoms with van der Waals surface area (Å²) in [7, 11) is 0. The van der Waals surface area contributed by atoms with Crippen molar-refractivity contribution in [2.75, 3.05) is 11.5 Å². The molecule has 1 fully saturated rings. The van der Waals surface area contributed by atoms with Crippen molar-refractivity contribution in [2.24, 2.45) is 11.7 Å². The second-order valence-electron chi connectivity index (χ2n) is 4.54. The molecule has 88 valence electrons. The van der Waals surface area contributed by atoms with Crippen LogP contribution in [0.15, 0.2) is 24.3 Å². The van der Waals surface area contributed by atoms with Gasteiger partial charge in [0.1, 0.15) is 5.67 Å². The quantitative estimate of drug-likeness (QED) is 0.877. The smallest absolute Gasteiger partial charge is 0.136 e. The molecule has 3 heteroatoms. The SMILES string of the molecule is CC(F)(c1cccc(CN)c1)C1CCSC1. The molecule has 0 amide bonds. The number of halogens is 1. The fraction of sp³-hybridized carbons (Fsp3) is 0.538. The van der Waals surface area contributed by atoms with Crippen LogP contribution in [0.4, 0.5) is 4.39 Å². The first-order valence-electron chi connectivity index (χ1n) is 5.70. The van der Waals surface area contributed by atoms with E-state index in [2.05, 4.69) is 0 Å². The molecule has 0 radical (unpaired) electrons. The number of benzene rings is 1. The van der Waals surface area contributed by atoms with Gasteiger partial charge in [0.25, 0.3) is 0 Å². The molecule has 2 unspecified atom stereocenters. The molecule has 1 aliphatic heterocycles. The standard InChI is InChI=1S/C13H18FNS/c1-13(14,12-5-6-16-9-12)11-4-2-3-10(7-11)8-15/h2-4,7,12H,5-6,8-9,15H2,1H3. The highest BCUT2D eigenvalue weighted by molar-refractivity contribution is 7.99. The third-order valence-corrected chi connectivity index (χ3v) is 4.59. The minimum Gasteiger partial charge on any atom is -0.326 e. The molecule has 0 bridgehead atoms. The Morgan fingerprint density at radius 2 is 2.38 bits per heavy atom. The maximum Gasteiger partial charge on any atom is 0.136 e. The van der Waals surface area contributed by atoms with Crippen molar-refractivity contribution in [3.8, 4) is 0 Å². The number of nitrogens with two attached hydrogens (primary N) is 1. The summed E-state index contributed by atoms with van der Waals surface area (Å²) >= 11 is 1.85. The zero-order chi connectivity index (χ0) is 11.6. The van der Waals surface area contributed by atoms with Crippen molar-refractivity contribution in [3.05, 3.63) is 35.4 Å². The number of rotatable bonds is 3. The molecule has 16 heavy (non-hydrogen) atoms. The predicted molar refractivity (Wildman–Crippen MR) is 68.2 cm³/mol. The van der Waals surface area contributed by atoms with E-state index in [1.807, 2.05) is 36.0 Å². The van der Waals surface area contributed by atoms with Crippen LogP contribution in [0.25, 0.3) is 0 Å². The van der Waals surface area contributed by atoms with E-state index < -0.39 is 5.67 Å². The van der Waals surface area contributed by atoms with Gasteiger partial charge in [0.05, 0.1) is 0 Å². The average Bonchev–Trinajstić information content (AvgIpc) is 2.83. The van der Waals surface area contributed by atoms with E-state index in [0.717, 1.165) is 29.1 Å². The van der Waals surface area contributed by atoms with Crippen LogP contribution in [0, 0.1) is 5.92 Å². The number of thioether (sulfide) groups is 1. The van der Waals surface area contributed by atoms with Crippen molar-refractivity contribution in [3.63, 3.8) is 0 Å². The van der Waals surface area contributed by atoms with Gasteiger partial charge in [-0.2, -0.15) is 11.8 Å². The number of hydrogen-bond acceptors (Lipinski definition) is 2. The van der Waals surface area contributed by atoms with E-state index in [1.165, 1.54) is 0 Å². The van der Waals surface area contributed by atoms with E-state index in [-0.39, 0.29) is 5.92 Å². The summed E-state index contributed by atoms with van der Waals surface area (Å²) in [4.78, 5) is 0. The van der Waals surface area contributed by atoms with Gasteiger partial charge in [-0.1, -0.05) is 24.3 Å². The summed E-state index contributed by atoms with van der Waals surface area (Å²) < 4.78 is 14.8. The average molecular weight is 239 g/mol. The van der Waals surface area contributed by atoms with Crippen LogP contribution < -0.4 is 5.73 Å². The largest absolute Gasteiger partial charge is 0.326 e. The molecule has 0 spiro atoms. The molecule has 1 saturated heterocycles. The summed E-state index contributed by atoms with van der Waals surface area (Å²) in [5, 5.41) is 0. The van der Waals surface area contributed by atoms with Gasteiger partial charge in [-0.25, -0.2) is 4.39 Å². The van der Waals surface area contributed by atoms with Crippen molar-refractivity contribution in [1.29, 1.82) is 0 Å². The van der Waals surface area contributed by atoms with Crippen LogP contribution in [0.2, 0.25) is 0 Å². The predicted octanol–water partition coefficient (Wildman–Crippen LogP) is 3.08. The fourth-order valence-electron chi connectivity index (χ4n) is 2.20. The first-order chi connectivity index (χ1) is 7.64. The van der Waals surface area contributed by atoms with Crippen LogP contribution >= 0.6 is 11.8 Å². The second-order valence-corrected chi connectivity index (χ2v) is 5.69. The first-order valence-corrected chi connectivity index (χ1v) is 6.86. The van der Waals surface area contributed by atoms with Gasteiger partial charge in [-0.15, -0.1) is 0 Å². The monoisotopic (exact) mass is 239 g/mol. The Hall–Kier alpha value is -0.540. The minimum atomic E-state index is -1.21. The van der Waals surface area contributed by atoms with Gasteiger partial charge in [0.15, 0.2) is 0 Å². The summed E-state index contributed by atoms with van der Waals surface area (Å²) in [6, 6.07) is 7.63. The Morgan fingerprint density at radius 3 is 3.00 bits per heavy atom. The Bertz CT molecular complexity index is 359. The molecule has 1 aromatic rings. The van der Waals surface area contributed by atoms with Crippen molar-refractivity contribution < 1.29 is 4.39 Å². The van der Waals surface area contributed by atoms with Crippen LogP contribution in [-0.4, -0.2) is 11.5 Å². The fourth-order valence-corrected chi connectivity index (χ4v) is 3.58. The third kappa shape index (κ3) is 2.25. The van der Waals surface area contributed by atoms with Gasteiger partial charge in [0.2, 0.25) is 0 Å². The lowest BCUT2D eigenvalue weighted by atomic mass is 9.83. The lowest BCUT2D eigenvalue weighted by Gasteiger charge is -2.27. The van der Waals surface area contributed by atoms with Crippen LogP contribution in [0.5, 0.6) is 0 Å². The van der Waals surface area contributed by atoms with Gasteiger partial charge < -0.3 is 5.73 Å². The Labute approximate surface area is 101 Å². The van der Waals surface area contributed by atoms with E-state index in [9.17, 15) is 4.39 Å². The maximum absolute atomic E-state index is 14.8. The molecular weight excluding hydrogens is 221 g/mol. The van der Waals surface area contributed by atoms with Crippen LogP contribution in [0.3, 0.4) is 0 Å². The van der Waals surface area contributed by atoms with Crippen LogP contribution in [0.1, 0.15) is 24.5 Å². The highest BCUT2D eigenvalue weighted by Gasteiger charge is 2.37. The third-order valence-electron chi connectivity index (χ3n) is 3.42. The second kappa shape index (κ2) is 4.76. The molecule has 2 rings (SSSR count). The maximum atomic E-state index is 14.8. The molecular formula is C13H18FNS. The van der Waals surface area contributed by atoms with Gasteiger partial charge in [0, 0.05) is 12.5 Å². The van der Waals surface area contributed by atoms with Gasteiger partial charge >= 0.3 is 0 Å².